The number of halogens is 2. The molecule has 2 unspecified atom stereocenters. The SMILES string of the molecule is COCc1nnc(N2CC(C)C(c3ccc(F)cc3Cl)C2)n1-c1ccc2c(c1)OCO2. The summed E-state index contributed by atoms with van der Waals surface area (Å²) in [4.78, 5) is 2.19. The Morgan fingerprint density at radius 1 is 1.13 bits per heavy atom. The van der Waals surface area contributed by atoms with Crippen LogP contribution in [-0.2, 0) is 11.3 Å². The van der Waals surface area contributed by atoms with E-state index in [4.69, 9.17) is 25.8 Å². The molecule has 2 atom stereocenters. The van der Waals surface area contributed by atoms with E-state index in [0.717, 1.165) is 23.7 Å². The van der Waals surface area contributed by atoms with Crippen LogP contribution in [0.5, 0.6) is 11.5 Å². The van der Waals surface area contributed by atoms with Crippen molar-refractivity contribution in [2.75, 3.05) is 31.9 Å². The second-order valence-corrected chi connectivity index (χ2v) is 8.28. The van der Waals surface area contributed by atoms with Crippen molar-refractivity contribution >= 4 is 17.5 Å². The summed E-state index contributed by atoms with van der Waals surface area (Å²) in [6.45, 7) is 4.17. The molecule has 3 aromatic rings. The first-order valence-electron chi connectivity index (χ1n) is 10.1. The Morgan fingerprint density at radius 3 is 2.77 bits per heavy atom. The average Bonchev–Trinajstić information content (AvgIpc) is 3.46. The molecule has 3 heterocycles. The molecule has 0 amide bonds. The number of hydrogen-bond donors (Lipinski definition) is 0. The van der Waals surface area contributed by atoms with Crippen molar-refractivity contribution in [3.8, 4) is 17.2 Å². The van der Waals surface area contributed by atoms with Gasteiger partial charge in [0, 0.05) is 37.2 Å². The van der Waals surface area contributed by atoms with Crippen LogP contribution in [0.3, 0.4) is 0 Å². The van der Waals surface area contributed by atoms with Crippen LogP contribution in [0.25, 0.3) is 5.69 Å². The van der Waals surface area contributed by atoms with Gasteiger partial charge in [-0.25, -0.2) is 4.39 Å². The van der Waals surface area contributed by atoms with Gasteiger partial charge in [-0.3, -0.25) is 4.57 Å². The first kappa shape index (κ1) is 20.1. The molecule has 0 aliphatic carbocycles. The molecule has 1 aromatic heterocycles. The van der Waals surface area contributed by atoms with E-state index >= 15 is 0 Å². The van der Waals surface area contributed by atoms with Crippen molar-refractivity contribution in [3.05, 3.63) is 58.6 Å². The van der Waals surface area contributed by atoms with Gasteiger partial charge in [0.1, 0.15) is 12.4 Å². The van der Waals surface area contributed by atoms with E-state index in [9.17, 15) is 4.39 Å². The highest BCUT2D eigenvalue weighted by molar-refractivity contribution is 6.31. The molecule has 0 radical (unpaired) electrons. The first-order valence-corrected chi connectivity index (χ1v) is 10.5. The second kappa shape index (κ2) is 8.01. The molecule has 1 saturated heterocycles. The van der Waals surface area contributed by atoms with E-state index in [0.29, 0.717) is 41.4 Å². The van der Waals surface area contributed by atoms with Gasteiger partial charge in [-0.1, -0.05) is 24.6 Å². The number of aromatic nitrogens is 3. The van der Waals surface area contributed by atoms with E-state index in [-0.39, 0.29) is 18.5 Å². The number of methoxy groups -OCH3 is 1. The van der Waals surface area contributed by atoms with Crippen molar-refractivity contribution in [2.45, 2.75) is 19.4 Å². The van der Waals surface area contributed by atoms with Crippen LogP contribution in [0.1, 0.15) is 24.2 Å². The summed E-state index contributed by atoms with van der Waals surface area (Å²) in [7, 11) is 1.63. The molecule has 162 valence electrons. The lowest BCUT2D eigenvalue weighted by Crippen LogP contribution is -2.24. The van der Waals surface area contributed by atoms with Gasteiger partial charge in [0.25, 0.3) is 0 Å². The van der Waals surface area contributed by atoms with E-state index < -0.39 is 0 Å². The molecular weight excluding hydrogens is 423 g/mol. The number of fused-ring (bicyclic) bond motifs is 1. The quantitative estimate of drug-likeness (QED) is 0.588. The largest absolute Gasteiger partial charge is 0.454 e. The second-order valence-electron chi connectivity index (χ2n) is 7.88. The molecule has 31 heavy (non-hydrogen) atoms. The molecule has 1 fully saturated rings. The van der Waals surface area contributed by atoms with E-state index in [2.05, 4.69) is 22.0 Å². The number of rotatable bonds is 5. The molecule has 2 aliphatic heterocycles. The lowest BCUT2D eigenvalue weighted by atomic mass is 9.90. The van der Waals surface area contributed by atoms with Crippen molar-refractivity contribution in [2.24, 2.45) is 5.92 Å². The van der Waals surface area contributed by atoms with Gasteiger partial charge in [-0.2, -0.15) is 0 Å². The molecule has 2 aromatic carbocycles. The minimum absolute atomic E-state index is 0.154. The fourth-order valence-corrected chi connectivity index (χ4v) is 4.67. The zero-order valence-corrected chi connectivity index (χ0v) is 18.0. The minimum atomic E-state index is -0.331. The fraction of sp³-hybridized carbons (Fsp3) is 0.364. The molecule has 0 bridgehead atoms. The maximum atomic E-state index is 13.5. The number of nitrogens with zero attached hydrogens (tertiary/aromatic N) is 4. The summed E-state index contributed by atoms with van der Waals surface area (Å²) in [6.07, 6.45) is 0. The molecular formula is C22H22ClFN4O3. The Morgan fingerprint density at radius 2 is 1.97 bits per heavy atom. The van der Waals surface area contributed by atoms with Crippen LogP contribution in [0.4, 0.5) is 10.3 Å². The zero-order valence-electron chi connectivity index (χ0n) is 17.2. The summed E-state index contributed by atoms with van der Waals surface area (Å²) >= 11 is 6.36. The van der Waals surface area contributed by atoms with Crippen LogP contribution < -0.4 is 14.4 Å². The zero-order chi connectivity index (χ0) is 21.5. The Kier molecular flexibility index (Phi) is 5.19. The fourth-order valence-electron chi connectivity index (χ4n) is 4.36. The van der Waals surface area contributed by atoms with Gasteiger partial charge in [-0.15, -0.1) is 10.2 Å². The van der Waals surface area contributed by atoms with Gasteiger partial charge in [0.2, 0.25) is 12.7 Å². The van der Waals surface area contributed by atoms with E-state index in [1.807, 2.05) is 22.8 Å². The molecule has 7 nitrogen and oxygen atoms in total. The van der Waals surface area contributed by atoms with Crippen molar-refractivity contribution in [1.29, 1.82) is 0 Å². The molecule has 5 rings (SSSR count). The maximum Gasteiger partial charge on any atom is 0.232 e. The summed E-state index contributed by atoms with van der Waals surface area (Å²) in [6, 6.07) is 10.4. The number of hydrogen-bond acceptors (Lipinski definition) is 6. The normalized spacial score (nSPS) is 19.9. The molecule has 0 saturated carbocycles. The van der Waals surface area contributed by atoms with Crippen molar-refractivity contribution in [1.82, 2.24) is 14.8 Å². The Bertz CT molecular complexity index is 1120. The predicted molar refractivity (Wildman–Crippen MR) is 114 cm³/mol. The van der Waals surface area contributed by atoms with Crippen LogP contribution >= 0.6 is 11.6 Å². The lowest BCUT2D eigenvalue weighted by Gasteiger charge is -2.20. The summed E-state index contributed by atoms with van der Waals surface area (Å²) in [5, 5.41) is 9.31. The van der Waals surface area contributed by atoms with Gasteiger partial charge in [0.15, 0.2) is 17.3 Å². The van der Waals surface area contributed by atoms with Crippen LogP contribution in [-0.4, -0.2) is 41.8 Å². The first-order chi connectivity index (χ1) is 15.0. The topological polar surface area (TPSA) is 61.6 Å². The minimum Gasteiger partial charge on any atom is -0.454 e. The smallest absolute Gasteiger partial charge is 0.232 e. The van der Waals surface area contributed by atoms with Crippen LogP contribution in [0, 0.1) is 11.7 Å². The summed E-state index contributed by atoms with van der Waals surface area (Å²) in [5.41, 5.74) is 1.82. The highest BCUT2D eigenvalue weighted by Crippen LogP contribution is 2.39. The molecule has 9 heteroatoms. The third kappa shape index (κ3) is 3.59. The van der Waals surface area contributed by atoms with Gasteiger partial charge < -0.3 is 19.1 Å². The predicted octanol–water partition coefficient (Wildman–Crippen LogP) is 4.17. The highest BCUT2D eigenvalue weighted by Gasteiger charge is 2.35. The van der Waals surface area contributed by atoms with Crippen LogP contribution in [0.15, 0.2) is 36.4 Å². The average molecular weight is 445 g/mol. The van der Waals surface area contributed by atoms with Gasteiger partial charge in [0.05, 0.1) is 5.69 Å². The number of anilines is 1. The monoisotopic (exact) mass is 444 g/mol. The van der Waals surface area contributed by atoms with Gasteiger partial charge in [-0.05, 0) is 35.7 Å². The number of benzene rings is 2. The van der Waals surface area contributed by atoms with Crippen molar-refractivity contribution < 1.29 is 18.6 Å². The van der Waals surface area contributed by atoms with Crippen LogP contribution in [0.2, 0.25) is 5.02 Å². The molecule has 0 N–H and O–H groups in total. The Hall–Kier alpha value is -2.84. The standard InChI is InChI=1S/C22H22ClFN4O3/c1-13-9-27(10-17(13)16-5-3-14(24)7-18(16)23)22-26-25-21(11-29-2)28(22)15-4-6-19-20(8-15)31-12-30-19/h3-8,13,17H,9-12H2,1-2H3. The molecule has 0 spiro atoms. The maximum absolute atomic E-state index is 13.5. The third-order valence-corrected chi connectivity index (χ3v) is 6.19. The Labute approximate surface area is 184 Å². The van der Waals surface area contributed by atoms with Crippen molar-refractivity contribution in [3.63, 3.8) is 0 Å². The summed E-state index contributed by atoms with van der Waals surface area (Å²) in [5.74, 6) is 2.93. The molecule has 2 aliphatic rings. The Balaban J connectivity index is 1.51. The summed E-state index contributed by atoms with van der Waals surface area (Å²) < 4.78 is 31.9. The lowest BCUT2D eigenvalue weighted by molar-refractivity contribution is 0.173. The number of ether oxygens (including phenoxy) is 3. The highest BCUT2D eigenvalue weighted by atomic mass is 35.5. The van der Waals surface area contributed by atoms with E-state index in [1.54, 1.807) is 13.2 Å². The van der Waals surface area contributed by atoms with Gasteiger partial charge >= 0.3 is 0 Å². The third-order valence-electron chi connectivity index (χ3n) is 5.86. The van der Waals surface area contributed by atoms with E-state index in [1.165, 1.54) is 12.1 Å².